The second-order valence-corrected chi connectivity index (χ2v) is 17.8. The lowest BCUT2D eigenvalue weighted by atomic mass is 9.92. The fourth-order valence-electron chi connectivity index (χ4n) is 9.34. The molecule has 10 heteroatoms. The molecule has 10 nitrogen and oxygen atoms in total. The van der Waals surface area contributed by atoms with Crippen molar-refractivity contribution in [3.63, 3.8) is 0 Å². The Morgan fingerprint density at radius 3 is 2.14 bits per heavy atom. The number of ether oxygens (including phenoxy) is 2. The maximum absolute atomic E-state index is 13.2. The van der Waals surface area contributed by atoms with E-state index in [-0.39, 0.29) is 29.6 Å². The van der Waals surface area contributed by atoms with Gasteiger partial charge in [0.15, 0.2) is 0 Å². The smallest absolute Gasteiger partial charge is 0.225 e. The standard InChI is InChI=1S/C59H56N6O4/c1-37(48-17-11-18-50(59(48)69-5)44-32-43-34-45(23-24-53(43)62-35-44)64-57(67)30-39(3)47-16-7-9-22-55(47)68-4)25-27-60-54-21-12-19-51-49(26-28-61-58(51)54)41-15-10-14-40(31-41)38(2)29-56(66)65-46-33-42-13-6-8-20-52(42)63-36-46/h6-24,26,28,31-39,60H,25,27,29-30H2,1-5H3,(H,64,67)(H,65,66). The monoisotopic (exact) mass is 912 g/mol. The molecule has 69 heavy (non-hydrogen) atoms. The Morgan fingerprint density at radius 1 is 0.565 bits per heavy atom. The summed E-state index contributed by atoms with van der Waals surface area (Å²) in [4.78, 5) is 40.5. The zero-order chi connectivity index (χ0) is 47.9. The third-order valence-corrected chi connectivity index (χ3v) is 13.0. The Kier molecular flexibility index (Phi) is 13.9. The summed E-state index contributed by atoms with van der Waals surface area (Å²) in [6.07, 6.45) is 6.96. The van der Waals surface area contributed by atoms with Gasteiger partial charge in [0.2, 0.25) is 11.8 Å². The van der Waals surface area contributed by atoms with Crippen molar-refractivity contribution in [3.05, 3.63) is 181 Å². The fourth-order valence-corrected chi connectivity index (χ4v) is 9.34. The van der Waals surface area contributed by atoms with Gasteiger partial charge < -0.3 is 25.4 Å². The number of pyridine rings is 3. The number of rotatable bonds is 17. The number of hydrogen-bond acceptors (Lipinski definition) is 8. The van der Waals surface area contributed by atoms with Gasteiger partial charge in [-0.2, -0.15) is 0 Å². The largest absolute Gasteiger partial charge is 0.496 e. The minimum atomic E-state index is -0.0699. The van der Waals surface area contributed by atoms with Crippen LogP contribution in [-0.2, 0) is 9.59 Å². The Labute approximate surface area is 403 Å². The summed E-state index contributed by atoms with van der Waals surface area (Å²) in [6.45, 7) is 7.06. The normalized spacial score (nSPS) is 12.6. The predicted octanol–water partition coefficient (Wildman–Crippen LogP) is 13.6. The fraction of sp³-hybridized carbons (Fsp3) is 0.203. The first-order valence-electron chi connectivity index (χ1n) is 23.5. The van der Waals surface area contributed by atoms with E-state index in [1.807, 2.05) is 92.1 Å². The summed E-state index contributed by atoms with van der Waals surface area (Å²) in [5.41, 5.74) is 12.2. The molecule has 0 aliphatic heterocycles. The summed E-state index contributed by atoms with van der Waals surface area (Å²) in [7, 11) is 3.37. The first-order valence-corrected chi connectivity index (χ1v) is 23.5. The van der Waals surface area contributed by atoms with Gasteiger partial charge in [0.05, 0.1) is 48.3 Å². The van der Waals surface area contributed by atoms with Crippen LogP contribution < -0.4 is 25.4 Å². The third-order valence-electron chi connectivity index (χ3n) is 13.0. The third kappa shape index (κ3) is 10.4. The number of carbonyl (C=O) groups excluding carboxylic acids is 2. The summed E-state index contributed by atoms with van der Waals surface area (Å²) >= 11 is 0. The molecule has 0 aliphatic carbocycles. The maximum atomic E-state index is 13.2. The SMILES string of the molecule is COc1ccccc1C(C)CC(=O)Nc1ccc2ncc(-c3cccc(C(C)CCNc4cccc5c(-c6cccc(C(C)CC(=O)Nc7cnc8ccccc8c7)c6)ccnc45)c3OC)cc2c1. The van der Waals surface area contributed by atoms with Crippen LogP contribution in [0.2, 0.25) is 0 Å². The van der Waals surface area contributed by atoms with Crippen LogP contribution in [0.1, 0.15) is 74.5 Å². The van der Waals surface area contributed by atoms with Gasteiger partial charge in [-0.1, -0.05) is 112 Å². The van der Waals surface area contributed by atoms with Gasteiger partial charge >= 0.3 is 0 Å². The van der Waals surface area contributed by atoms with Gasteiger partial charge in [0.1, 0.15) is 11.5 Å². The number of hydrogen-bond donors (Lipinski definition) is 3. The van der Waals surface area contributed by atoms with Crippen molar-refractivity contribution in [1.82, 2.24) is 15.0 Å². The average molecular weight is 913 g/mol. The van der Waals surface area contributed by atoms with Crippen LogP contribution in [0, 0.1) is 0 Å². The molecule has 3 unspecified atom stereocenters. The molecule has 3 N–H and O–H groups in total. The van der Waals surface area contributed by atoms with E-state index in [1.165, 1.54) is 0 Å². The van der Waals surface area contributed by atoms with Crippen LogP contribution in [0.3, 0.4) is 0 Å². The van der Waals surface area contributed by atoms with Gasteiger partial charge in [0, 0.05) is 64.8 Å². The summed E-state index contributed by atoms with van der Waals surface area (Å²) < 4.78 is 11.7. The van der Waals surface area contributed by atoms with E-state index < -0.39 is 0 Å². The lowest BCUT2D eigenvalue weighted by molar-refractivity contribution is -0.117. The van der Waals surface area contributed by atoms with Crippen molar-refractivity contribution in [2.75, 3.05) is 36.7 Å². The number of amides is 2. The highest BCUT2D eigenvalue weighted by atomic mass is 16.5. The van der Waals surface area contributed by atoms with Crippen molar-refractivity contribution < 1.29 is 19.1 Å². The molecule has 2 amide bonds. The van der Waals surface area contributed by atoms with E-state index in [0.29, 0.717) is 30.8 Å². The molecule has 346 valence electrons. The van der Waals surface area contributed by atoms with Gasteiger partial charge in [-0.25, -0.2) is 0 Å². The number of nitrogens with zero attached hydrogens (tertiary/aromatic N) is 3. The number of anilines is 3. The Bertz CT molecular complexity index is 3320. The Morgan fingerprint density at radius 2 is 1.29 bits per heavy atom. The van der Waals surface area contributed by atoms with Crippen molar-refractivity contribution in [2.24, 2.45) is 0 Å². The maximum Gasteiger partial charge on any atom is 0.225 e. The Balaban J connectivity index is 0.853. The molecule has 0 saturated carbocycles. The summed E-state index contributed by atoms with van der Waals surface area (Å²) in [5.74, 6) is 1.62. The lowest BCUT2D eigenvalue weighted by Crippen LogP contribution is -2.14. The molecule has 0 fully saturated rings. The quantitative estimate of drug-likeness (QED) is 0.0824. The number of carbonyl (C=O) groups is 2. The zero-order valence-corrected chi connectivity index (χ0v) is 39.6. The van der Waals surface area contributed by atoms with E-state index in [1.54, 1.807) is 20.4 Å². The van der Waals surface area contributed by atoms with Crippen molar-refractivity contribution in [2.45, 2.75) is 57.8 Å². The van der Waals surface area contributed by atoms with Gasteiger partial charge in [0.25, 0.3) is 0 Å². The van der Waals surface area contributed by atoms with Crippen molar-refractivity contribution >= 4 is 61.6 Å². The van der Waals surface area contributed by atoms with E-state index >= 15 is 0 Å². The highest BCUT2D eigenvalue weighted by Crippen LogP contribution is 2.39. The highest BCUT2D eigenvalue weighted by molar-refractivity contribution is 6.01. The second-order valence-electron chi connectivity index (χ2n) is 17.8. The van der Waals surface area contributed by atoms with Crippen LogP contribution >= 0.6 is 0 Å². The van der Waals surface area contributed by atoms with Crippen LogP contribution in [0.5, 0.6) is 11.5 Å². The number of aromatic nitrogens is 3. The molecule has 9 aromatic rings. The molecular weight excluding hydrogens is 857 g/mol. The van der Waals surface area contributed by atoms with Gasteiger partial charge in [-0.15, -0.1) is 0 Å². The van der Waals surface area contributed by atoms with Crippen LogP contribution in [0.4, 0.5) is 17.1 Å². The number of methoxy groups -OCH3 is 2. The molecule has 0 bridgehead atoms. The number of nitrogens with one attached hydrogen (secondary N) is 3. The summed E-state index contributed by atoms with van der Waals surface area (Å²) in [5, 5.41) is 12.8. The molecule has 0 radical (unpaired) electrons. The minimum Gasteiger partial charge on any atom is -0.496 e. The van der Waals surface area contributed by atoms with Crippen molar-refractivity contribution in [1.29, 1.82) is 0 Å². The molecule has 6 aromatic carbocycles. The number of fused-ring (bicyclic) bond motifs is 3. The number of para-hydroxylation sites is 4. The van der Waals surface area contributed by atoms with Gasteiger partial charge in [-0.3, -0.25) is 24.5 Å². The average Bonchev–Trinajstić information content (AvgIpc) is 3.37. The molecule has 0 aliphatic rings. The molecule has 3 atom stereocenters. The topological polar surface area (TPSA) is 127 Å². The summed E-state index contributed by atoms with van der Waals surface area (Å²) in [6, 6.07) is 48.6. The number of benzene rings is 6. The van der Waals surface area contributed by atoms with Crippen LogP contribution in [-0.4, -0.2) is 47.5 Å². The van der Waals surface area contributed by atoms with Crippen LogP contribution in [0.15, 0.2) is 164 Å². The van der Waals surface area contributed by atoms with E-state index in [4.69, 9.17) is 19.4 Å². The van der Waals surface area contributed by atoms with E-state index in [9.17, 15) is 9.59 Å². The molecule has 9 rings (SSSR count). The molecule has 3 aromatic heterocycles. The first kappa shape index (κ1) is 46.0. The second kappa shape index (κ2) is 20.8. The Hall–Kier alpha value is -8.11. The lowest BCUT2D eigenvalue weighted by Gasteiger charge is -2.20. The van der Waals surface area contributed by atoms with Gasteiger partial charge in [-0.05, 0) is 107 Å². The molecule has 0 saturated heterocycles. The van der Waals surface area contributed by atoms with Crippen LogP contribution in [0.25, 0.3) is 55.0 Å². The van der Waals surface area contributed by atoms with Crippen molar-refractivity contribution in [3.8, 4) is 33.8 Å². The molecular formula is C59H56N6O4. The predicted molar refractivity (Wildman–Crippen MR) is 280 cm³/mol. The van der Waals surface area contributed by atoms with E-state index in [0.717, 1.165) is 95.3 Å². The minimum absolute atomic E-state index is 0.00529. The molecule has 3 heterocycles. The first-order chi connectivity index (χ1) is 33.6. The zero-order valence-electron chi connectivity index (χ0n) is 39.6. The van der Waals surface area contributed by atoms with E-state index in [2.05, 4.69) is 108 Å². The molecule has 0 spiro atoms. The highest BCUT2D eigenvalue weighted by Gasteiger charge is 2.20.